The van der Waals surface area contributed by atoms with Gasteiger partial charge >= 0.3 is 17.9 Å². The molecule has 5 atom stereocenters. The molecule has 1 amide bonds. The number of hydrogen-bond acceptors (Lipinski definition) is 10. The number of carbonyl (C=O) groups excluding carboxylic acids is 4. The summed E-state index contributed by atoms with van der Waals surface area (Å²) in [7, 11) is 2.86. The molecule has 0 aromatic rings. The van der Waals surface area contributed by atoms with E-state index in [4.69, 9.17) is 18.9 Å². The smallest absolute Gasteiger partial charge is 0.303 e. The van der Waals surface area contributed by atoms with Crippen LogP contribution in [0.25, 0.3) is 0 Å². The van der Waals surface area contributed by atoms with Crippen molar-refractivity contribution in [1.29, 1.82) is 0 Å². The van der Waals surface area contributed by atoms with E-state index in [-0.39, 0.29) is 18.4 Å². The van der Waals surface area contributed by atoms with Crippen LogP contribution >= 0.6 is 21.6 Å². The Labute approximate surface area is 178 Å². The van der Waals surface area contributed by atoms with Crippen LogP contribution in [0, 0.1) is 5.92 Å². The summed E-state index contributed by atoms with van der Waals surface area (Å²) in [5.41, 5.74) is -0.626. The van der Waals surface area contributed by atoms with Crippen LogP contribution in [-0.4, -0.2) is 66.0 Å². The van der Waals surface area contributed by atoms with Crippen LogP contribution in [0.5, 0.6) is 0 Å². The first-order valence-electron chi connectivity index (χ1n) is 9.28. The summed E-state index contributed by atoms with van der Waals surface area (Å²) in [5, 5.41) is 2.85. The lowest BCUT2D eigenvalue weighted by Gasteiger charge is -2.45. The van der Waals surface area contributed by atoms with Gasteiger partial charge in [0.15, 0.2) is 12.2 Å². The molecule has 1 rings (SSSR count). The summed E-state index contributed by atoms with van der Waals surface area (Å²) >= 11 is 0. The highest BCUT2D eigenvalue weighted by Crippen LogP contribution is 2.37. The van der Waals surface area contributed by atoms with Crippen molar-refractivity contribution < 1.29 is 38.1 Å². The molecule has 0 radical (unpaired) electrons. The third kappa shape index (κ3) is 8.43. The molecule has 1 fully saturated rings. The zero-order valence-electron chi connectivity index (χ0n) is 17.5. The van der Waals surface area contributed by atoms with Gasteiger partial charge in [0.05, 0.1) is 0 Å². The Balaban J connectivity index is 3.29. The molecule has 1 aliphatic rings. The second-order valence-corrected chi connectivity index (χ2v) is 9.44. The Kier molecular flexibility index (Phi) is 10.8. The van der Waals surface area contributed by atoms with Crippen LogP contribution in [0.4, 0.5) is 0 Å². The first-order valence-corrected chi connectivity index (χ1v) is 11.7. The molecule has 9 nitrogen and oxygen atoms in total. The van der Waals surface area contributed by atoms with Crippen molar-refractivity contribution in [2.75, 3.05) is 12.4 Å². The largest absolute Gasteiger partial charge is 0.463 e. The number of ether oxygens (including phenoxy) is 4. The van der Waals surface area contributed by atoms with Crippen molar-refractivity contribution in [1.82, 2.24) is 5.32 Å². The summed E-state index contributed by atoms with van der Waals surface area (Å²) < 4.78 is 21.9. The van der Waals surface area contributed by atoms with Gasteiger partial charge in [0, 0.05) is 32.4 Å². The Morgan fingerprint density at radius 2 is 1.59 bits per heavy atom. The second-order valence-electron chi connectivity index (χ2n) is 6.69. The monoisotopic (exact) mass is 451 g/mol. The van der Waals surface area contributed by atoms with Gasteiger partial charge in [0.2, 0.25) is 5.91 Å². The van der Waals surface area contributed by atoms with Gasteiger partial charge in [-0.25, -0.2) is 0 Å². The number of hydrogen-bond donors (Lipinski definition) is 1. The molecule has 0 aromatic carbocycles. The van der Waals surface area contributed by atoms with Gasteiger partial charge in [-0.3, -0.25) is 19.2 Å². The van der Waals surface area contributed by atoms with Crippen LogP contribution in [0.2, 0.25) is 0 Å². The van der Waals surface area contributed by atoms with Crippen LogP contribution in [-0.2, 0) is 38.1 Å². The fourth-order valence-electron chi connectivity index (χ4n) is 2.60. The van der Waals surface area contributed by atoms with E-state index in [1.807, 2.05) is 6.92 Å². The molecular formula is C18H29NO8S2. The Morgan fingerprint density at radius 1 is 1.00 bits per heavy atom. The maximum Gasteiger partial charge on any atom is 0.303 e. The predicted octanol–water partition coefficient (Wildman–Crippen LogP) is 1.68. The van der Waals surface area contributed by atoms with Gasteiger partial charge in [-0.1, -0.05) is 42.4 Å². The molecule has 1 aliphatic heterocycles. The number of carbonyl (C=O) groups is 4. The van der Waals surface area contributed by atoms with E-state index in [2.05, 4.69) is 5.32 Å². The van der Waals surface area contributed by atoms with E-state index >= 15 is 0 Å². The maximum atomic E-state index is 12.4. The number of nitrogens with one attached hydrogen (secondary N) is 1. The minimum Gasteiger partial charge on any atom is -0.463 e. The molecular weight excluding hydrogens is 422 g/mol. The van der Waals surface area contributed by atoms with Gasteiger partial charge < -0.3 is 24.3 Å². The van der Waals surface area contributed by atoms with Crippen LogP contribution in [0.15, 0.2) is 0 Å². The van der Waals surface area contributed by atoms with Crippen molar-refractivity contribution >= 4 is 45.4 Å². The molecule has 1 heterocycles. The average Bonchev–Trinajstić information content (AvgIpc) is 2.61. The fraction of sp³-hybridized carbons (Fsp3) is 0.778. The lowest BCUT2D eigenvalue weighted by atomic mass is 9.96. The van der Waals surface area contributed by atoms with Crippen LogP contribution in [0.3, 0.4) is 0 Å². The Morgan fingerprint density at radius 3 is 2.07 bits per heavy atom. The van der Waals surface area contributed by atoms with Crippen molar-refractivity contribution in [3.8, 4) is 0 Å². The first kappa shape index (κ1) is 25.6. The fourth-order valence-corrected chi connectivity index (χ4v) is 4.71. The third-order valence-electron chi connectivity index (χ3n) is 3.82. The first-order chi connectivity index (χ1) is 13.6. The summed E-state index contributed by atoms with van der Waals surface area (Å²) in [5.74, 6) is -1.55. The summed E-state index contributed by atoms with van der Waals surface area (Å²) in [6.45, 7) is 8.92. The topological polar surface area (TPSA) is 117 Å². The number of rotatable bonds is 9. The van der Waals surface area contributed by atoms with E-state index in [0.29, 0.717) is 0 Å². The second kappa shape index (κ2) is 12.3. The molecule has 1 saturated heterocycles. The van der Waals surface area contributed by atoms with E-state index in [1.165, 1.54) is 42.4 Å². The summed E-state index contributed by atoms with van der Waals surface area (Å²) in [6, 6.07) is -0.768. The molecule has 166 valence electrons. The highest BCUT2D eigenvalue weighted by Gasteiger charge is 2.51. The Hall–Kier alpha value is -1.46. The van der Waals surface area contributed by atoms with E-state index in [1.54, 1.807) is 13.8 Å². The van der Waals surface area contributed by atoms with Gasteiger partial charge in [0.1, 0.15) is 24.2 Å². The van der Waals surface area contributed by atoms with E-state index in [0.717, 1.165) is 5.75 Å². The standard InChI is InChI=1S/C18H29NO8S2/c1-7-28-29-18-14(19-17(23)9(2)3)16(26-12(6)22)15(25-11(5)21)13(27-18)8-24-10(4)20/h9,13-16,18H,7-8H2,1-6H3,(H,19,23). The van der Waals surface area contributed by atoms with Crippen LogP contribution in [0.1, 0.15) is 41.5 Å². The molecule has 11 heteroatoms. The molecule has 29 heavy (non-hydrogen) atoms. The average molecular weight is 452 g/mol. The van der Waals surface area contributed by atoms with Gasteiger partial charge in [-0.05, 0) is 0 Å². The third-order valence-corrected chi connectivity index (χ3v) is 6.47. The Bertz CT molecular complexity index is 600. The lowest BCUT2D eigenvalue weighted by molar-refractivity contribution is -0.211. The molecule has 0 saturated carbocycles. The van der Waals surface area contributed by atoms with Crippen molar-refractivity contribution in [2.24, 2.45) is 5.92 Å². The molecule has 0 aliphatic carbocycles. The van der Waals surface area contributed by atoms with Crippen molar-refractivity contribution in [3.63, 3.8) is 0 Å². The summed E-state index contributed by atoms with van der Waals surface area (Å²) in [4.78, 5) is 47.1. The minimum absolute atomic E-state index is 0.191. The normalized spacial score (nSPS) is 26.5. The highest BCUT2D eigenvalue weighted by molar-refractivity contribution is 8.76. The van der Waals surface area contributed by atoms with Gasteiger partial charge in [0.25, 0.3) is 0 Å². The summed E-state index contributed by atoms with van der Waals surface area (Å²) in [6.07, 6.45) is -2.94. The van der Waals surface area contributed by atoms with Crippen molar-refractivity contribution in [2.45, 2.75) is 71.3 Å². The van der Waals surface area contributed by atoms with E-state index in [9.17, 15) is 19.2 Å². The van der Waals surface area contributed by atoms with Gasteiger partial charge in [-0.2, -0.15) is 0 Å². The van der Waals surface area contributed by atoms with Gasteiger partial charge in [-0.15, -0.1) is 0 Å². The maximum absolute atomic E-state index is 12.4. The predicted molar refractivity (Wildman–Crippen MR) is 109 cm³/mol. The molecule has 5 unspecified atom stereocenters. The molecule has 0 bridgehead atoms. The minimum atomic E-state index is -1.06. The lowest BCUT2D eigenvalue weighted by Crippen LogP contribution is -2.65. The van der Waals surface area contributed by atoms with E-state index < -0.39 is 47.7 Å². The zero-order valence-corrected chi connectivity index (χ0v) is 19.1. The SMILES string of the molecule is CCSSC1OC(COC(C)=O)C(OC(C)=O)C(OC(C)=O)C1NC(=O)C(C)C. The molecule has 0 aromatic heterocycles. The molecule has 1 N–H and O–H groups in total. The quantitative estimate of drug-likeness (QED) is 0.315. The molecule has 0 spiro atoms. The van der Waals surface area contributed by atoms with Crippen LogP contribution < -0.4 is 5.32 Å². The number of esters is 3. The zero-order chi connectivity index (χ0) is 22.1. The number of amides is 1. The highest BCUT2D eigenvalue weighted by atomic mass is 33.1. The van der Waals surface area contributed by atoms with Crippen molar-refractivity contribution in [3.05, 3.63) is 0 Å².